The third-order valence-electron chi connectivity index (χ3n) is 2.76. The van der Waals surface area contributed by atoms with Gasteiger partial charge in [-0.1, -0.05) is 11.6 Å². The van der Waals surface area contributed by atoms with Crippen molar-refractivity contribution in [3.05, 3.63) is 28.3 Å². The summed E-state index contributed by atoms with van der Waals surface area (Å²) in [5, 5.41) is 0.742. The molecule has 2 nitrogen and oxygen atoms in total. The summed E-state index contributed by atoms with van der Waals surface area (Å²) in [6.07, 6.45) is 3.22. The minimum Gasteiger partial charge on any atom is -0.497 e. The summed E-state index contributed by atoms with van der Waals surface area (Å²) >= 11 is 6.16. The number of methoxy groups -OCH3 is 1. The Hall–Kier alpha value is -0.730. The number of halogens is 1. The summed E-state index contributed by atoms with van der Waals surface area (Å²) in [5.41, 5.74) is 8.37. The molecule has 1 aromatic carbocycles. The van der Waals surface area contributed by atoms with Crippen molar-refractivity contribution >= 4 is 11.6 Å². The van der Waals surface area contributed by atoms with Crippen molar-refractivity contribution in [2.75, 3.05) is 7.11 Å². The van der Waals surface area contributed by atoms with Crippen molar-refractivity contribution in [3.63, 3.8) is 0 Å². The number of nitrogens with two attached hydrogens (primary N) is 1. The fourth-order valence-electron chi connectivity index (χ4n) is 2.04. The van der Waals surface area contributed by atoms with Crippen LogP contribution in [-0.4, -0.2) is 7.11 Å². The molecule has 2 rings (SSSR count). The number of benzene rings is 1. The molecular formula is C11H14ClNO. The minimum atomic E-state index is 0.0946. The second-order valence-electron chi connectivity index (χ2n) is 3.68. The molecule has 1 aromatic rings. The van der Waals surface area contributed by atoms with Gasteiger partial charge >= 0.3 is 0 Å². The molecule has 0 saturated heterocycles. The largest absolute Gasteiger partial charge is 0.497 e. The number of hydrogen-bond acceptors (Lipinski definition) is 2. The fraction of sp³-hybridized carbons (Fsp3) is 0.455. The van der Waals surface area contributed by atoms with E-state index >= 15 is 0 Å². The summed E-state index contributed by atoms with van der Waals surface area (Å²) in [6, 6.07) is 3.98. The van der Waals surface area contributed by atoms with Crippen LogP contribution < -0.4 is 10.5 Å². The number of rotatable bonds is 1. The van der Waals surface area contributed by atoms with Crippen molar-refractivity contribution < 1.29 is 4.74 Å². The molecule has 0 fully saturated rings. The molecule has 14 heavy (non-hydrogen) atoms. The Bertz CT molecular complexity index is 351. The van der Waals surface area contributed by atoms with Crippen LogP contribution in [0.15, 0.2) is 12.1 Å². The lowest BCUT2D eigenvalue weighted by molar-refractivity contribution is 0.413. The standard InChI is InChI=1S/C11H14ClNO/c1-14-8-5-7-3-2-4-10(13)11(7)9(12)6-8/h5-6,10H,2-4,13H2,1H3/t10-/m0/s1. The van der Waals surface area contributed by atoms with Crippen LogP contribution in [0, 0.1) is 0 Å². The first kappa shape index (κ1) is 9.81. The second kappa shape index (κ2) is 3.79. The Labute approximate surface area is 89.0 Å². The molecule has 0 saturated carbocycles. The van der Waals surface area contributed by atoms with Gasteiger partial charge in [0.1, 0.15) is 5.75 Å². The molecule has 3 heteroatoms. The predicted molar refractivity (Wildman–Crippen MR) is 57.9 cm³/mol. The van der Waals surface area contributed by atoms with Crippen LogP contribution in [0.5, 0.6) is 5.75 Å². The summed E-state index contributed by atoms with van der Waals surface area (Å²) in [7, 11) is 1.65. The highest BCUT2D eigenvalue weighted by Crippen LogP contribution is 2.36. The van der Waals surface area contributed by atoms with Crippen molar-refractivity contribution in [3.8, 4) is 5.75 Å². The van der Waals surface area contributed by atoms with Crippen molar-refractivity contribution in [1.29, 1.82) is 0 Å². The minimum absolute atomic E-state index is 0.0946. The van der Waals surface area contributed by atoms with Crippen LogP contribution in [-0.2, 0) is 6.42 Å². The third-order valence-corrected chi connectivity index (χ3v) is 3.07. The van der Waals surface area contributed by atoms with Gasteiger partial charge in [0.2, 0.25) is 0 Å². The molecule has 0 spiro atoms. The van der Waals surface area contributed by atoms with Crippen LogP contribution in [0.3, 0.4) is 0 Å². The molecule has 0 radical (unpaired) electrons. The normalized spacial score (nSPS) is 20.4. The molecular weight excluding hydrogens is 198 g/mol. The summed E-state index contributed by atoms with van der Waals surface area (Å²) in [4.78, 5) is 0. The average Bonchev–Trinajstić information content (AvgIpc) is 2.17. The number of ether oxygens (including phenoxy) is 1. The van der Waals surface area contributed by atoms with Gasteiger partial charge in [0.15, 0.2) is 0 Å². The number of fused-ring (bicyclic) bond motifs is 1. The van der Waals surface area contributed by atoms with Gasteiger partial charge in [-0.3, -0.25) is 0 Å². The van der Waals surface area contributed by atoms with Gasteiger partial charge < -0.3 is 10.5 Å². The smallest absolute Gasteiger partial charge is 0.120 e. The fourth-order valence-corrected chi connectivity index (χ4v) is 2.41. The predicted octanol–water partition coefficient (Wildman–Crippen LogP) is 2.68. The lowest BCUT2D eigenvalue weighted by Gasteiger charge is -2.23. The van der Waals surface area contributed by atoms with Gasteiger partial charge in [-0.2, -0.15) is 0 Å². The maximum atomic E-state index is 6.16. The summed E-state index contributed by atoms with van der Waals surface area (Å²) in [5.74, 6) is 0.822. The van der Waals surface area contributed by atoms with E-state index in [0.29, 0.717) is 0 Å². The molecule has 1 aliphatic rings. The van der Waals surface area contributed by atoms with E-state index < -0.39 is 0 Å². The first-order valence-electron chi connectivity index (χ1n) is 4.84. The Morgan fingerprint density at radius 1 is 1.50 bits per heavy atom. The molecule has 0 bridgehead atoms. The van der Waals surface area contributed by atoms with Crippen molar-refractivity contribution in [1.82, 2.24) is 0 Å². The highest BCUT2D eigenvalue weighted by Gasteiger charge is 2.20. The summed E-state index contributed by atoms with van der Waals surface area (Å²) < 4.78 is 5.17. The van der Waals surface area contributed by atoms with E-state index in [9.17, 15) is 0 Å². The first-order chi connectivity index (χ1) is 6.72. The van der Waals surface area contributed by atoms with E-state index in [1.807, 2.05) is 12.1 Å². The highest BCUT2D eigenvalue weighted by molar-refractivity contribution is 6.31. The molecule has 76 valence electrons. The van der Waals surface area contributed by atoms with Crippen molar-refractivity contribution in [2.24, 2.45) is 5.73 Å². The van der Waals surface area contributed by atoms with Gasteiger partial charge in [-0.25, -0.2) is 0 Å². The monoisotopic (exact) mass is 211 g/mol. The van der Waals surface area contributed by atoms with Crippen LogP contribution in [0.4, 0.5) is 0 Å². The van der Waals surface area contributed by atoms with Gasteiger partial charge in [0, 0.05) is 11.1 Å². The van der Waals surface area contributed by atoms with E-state index in [0.717, 1.165) is 35.6 Å². The van der Waals surface area contributed by atoms with Gasteiger partial charge in [0.05, 0.1) is 7.11 Å². The lowest BCUT2D eigenvalue weighted by atomic mass is 9.88. The van der Waals surface area contributed by atoms with E-state index in [2.05, 4.69) is 0 Å². The van der Waals surface area contributed by atoms with Gasteiger partial charge in [-0.15, -0.1) is 0 Å². The Morgan fingerprint density at radius 2 is 2.29 bits per heavy atom. The zero-order valence-electron chi connectivity index (χ0n) is 8.22. The number of aryl methyl sites for hydroxylation is 1. The van der Waals surface area contributed by atoms with E-state index in [-0.39, 0.29) is 6.04 Å². The van der Waals surface area contributed by atoms with Gasteiger partial charge in [-0.05, 0) is 42.5 Å². The van der Waals surface area contributed by atoms with E-state index in [1.165, 1.54) is 5.56 Å². The maximum absolute atomic E-state index is 6.16. The average molecular weight is 212 g/mol. The third kappa shape index (κ3) is 1.60. The van der Waals surface area contributed by atoms with Crippen LogP contribution in [0.25, 0.3) is 0 Å². The lowest BCUT2D eigenvalue weighted by Crippen LogP contribution is -2.17. The molecule has 1 aliphatic carbocycles. The Morgan fingerprint density at radius 3 is 3.00 bits per heavy atom. The highest BCUT2D eigenvalue weighted by atomic mass is 35.5. The molecule has 1 atom stereocenters. The summed E-state index contributed by atoms with van der Waals surface area (Å²) in [6.45, 7) is 0. The van der Waals surface area contributed by atoms with E-state index in [1.54, 1.807) is 7.11 Å². The van der Waals surface area contributed by atoms with Crippen molar-refractivity contribution in [2.45, 2.75) is 25.3 Å². The van der Waals surface area contributed by atoms with Crippen LogP contribution in [0.2, 0.25) is 5.02 Å². The van der Waals surface area contributed by atoms with Crippen LogP contribution >= 0.6 is 11.6 Å². The molecule has 2 N–H and O–H groups in total. The maximum Gasteiger partial charge on any atom is 0.120 e. The van der Waals surface area contributed by atoms with E-state index in [4.69, 9.17) is 22.1 Å². The Balaban J connectivity index is 2.51. The molecule has 0 heterocycles. The SMILES string of the molecule is COc1cc(Cl)c2c(c1)CCC[C@@H]2N. The number of hydrogen-bond donors (Lipinski definition) is 1. The van der Waals surface area contributed by atoms with Crippen LogP contribution in [0.1, 0.15) is 30.0 Å². The Kier molecular flexibility index (Phi) is 2.66. The molecule has 0 amide bonds. The zero-order valence-corrected chi connectivity index (χ0v) is 8.97. The first-order valence-corrected chi connectivity index (χ1v) is 5.22. The second-order valence-corrected chi connectivity index (χ2v) is 4.09. The quantitative estimate of drug-likeness (QED) is 0.775. The molecule has 0 unspecified atom stereocenters. The topological polar surface area (TPSA) is 35.2 Å². The van der Waals surface area contributed by atoms with Gasteiger partial charge in [0.25, 0.3) is 0 Å². The molecule has 0 aliphatic heterocycles. The zero-order chi connectivity index (χ0) is 10.1. The molecule has 0 aromatic heterocycles.